The third-order valence-corrected chi connectivity index (χ3v) is 4.12. The van der Waals surface area contributed by atoms with Crippen LogP contribution in [0.1, 0.15) is 23.1 Å². The maximum atomic E-state index is 12.6. The monoisotopic (exact) mass is 339 g/mol. The van der Waals surface area contributed by atoms with Gasteiger partial charge in [-0.1, -0.05) is 6.92 Å². The number of nitrogens with zero attached hydrogens (tertiary/aromatic N) is 2. The summed E-state index contributed by atoms with van der Waals surface area (Å²) in [6, 6.07) is 0. The molecule has 23 heavy (non-hydrogen) atoms. The molecule has 2 N–H and O–H groups in total. The fraction of sp³-hybridized carbons (Fsp3) is 0.429. The molecule has 0 aliphatic carbocycles. The first kappa shape index (κ1) is 17.1. The number of hydrogen-bond donors (Lipinski definition) is 2. The number of carbonyl (C=O) groups excluding carboxylic acids is 1. The number of rotatable bonds is 7. The largest absolute Gasteiger partial charge is 0.478 e. The van der Waals surface area contributed by atoms with Crippen molar-refractivity contribution in [2.24, 2.45) is 0 Å². The molecule has 0 spiro atoms. The lowest BCUT2D eigenvalue weighted by atomic mass is 10.2. The molecule has 0 unspecified atom stereocenters. The quantitative estimate of drug-likeness (QED) is 0.710. The minimum absolute atomic E-state index is 0.0457. The van der Waals surface area contributed by atoms with Crippen LogP contribution in [0.5, 0.6) is 0 Å². The number of aryl methyl sites for hydroxylation is 1. The Morgan fingerprint density at radius 2 is 2.22 bits per heavy atom. The second-order valence-electron chi connectivity index (χ2n) is 4.75. The second kappa shape index (κ2) is 7.34. The number of carboxylic acid groups (broad SMARTS) is 1. The molecule has 2 aromatic heterocycles. The van der Waals surface area contributed by atoms with Crippen molar-refractivity contribution in [1.82, 2.24) is 14.9 Å². The number of methoxy groups -OCH3 is 1. The van der Waals surface area contributed by atoms with E-state index in [1.54, 1.807) is 0 Å². The van der Waals surface area contributed by atoms with Gasteiger partial charge in [-0.15, -0.1) is 11.3 Å². The first-order chi connectivity index (χ1) is 11.0. The molecule has 2 aromatic rings. The summed E-state index contributed by atoms with van der Waals surface area (Å²) in [5, 5.41) is 13.2. The number of aromatic carboxylic acids is 1. The Bertz CT molecular complexity index is 796. The Balaban J connectivity index is 2.43. The van der Waals surface area contributed by atoms with Crippen molar-refractivity contribution in [2.45, 2.75) is 19.9 Å². The molecule has 0 aliphatic rings. The van der Waals surface area contributed by atoms with Gasteiger partial charge in [-0.2, -0.15) is 0 Å². The van der Waals surface area contributed by atoms with Gasteiger partial charge in [0.25, 0.3) is 5.56 Å². The van der Waals surface area contributed by atoms with E-state index < -0.39 is 11.5 Å². The molecule has 124 valence electrons. The number of ether oxygens (including phenoxy) is 1. The van der Waals surface area contributed by atoms with E-state index in [1.807, 2.05) is 6.92 Å². The molecule has 8 nitrogen and oxygen atoms in total. The van der Waals surface area contributed by atoms with Crippen molar-refractivity contribution in [1.29, 1.82) is 0 Å². The Labute approximate surface area is 135 Å². The van der Waals surface area contributed by atoms with Gasteiger partial charge in [-0.05, 0) is 0 Å². The van der Waals surface area contributed by atoms with Crippen LogP contribution in [0.2, 0.25) is 0 Å². The number of carbonyl (C=O) groups is 2. The second-order valence-corrected chi connectivity index (χ2v) is 5.61. The minimum Gasteiger partial charge on any atom is -0.478 e. The number of amides is 1. The Hall–Kier alpha value is -2.26. The number of aromatic nitrogens is 2. The lowest BCUT2D eigenvalue weighted by molar-refractivity contribution is -0.121. The zero-order chi connectivity index (χ0) is 17.0. The topological polar surface area (TPSA) is 111 Å². The molecule has 9 heteroatoms. The number of hydrogen-bond acceptors (Lipinski definition) is 6. The zero-order valence-corrected chi connectivity index (χ0v) is 13.6. The summed E-state index contributed by atoms with van der Waals surface area (Å²) < 4.78 is 6.07. The van der Waals surface area contributed by atoms with E-state index in [2.05, 4.69) is 10.3 Å². The van der Waals surface area contributed by atoms with Gasteiger partial charge in [0.1, 0.15) is 17.2 Å². The maximum Gasteiger partial charge on any atom is 0.337 e. The van der Waals surface area contributed by atoms with Crippen molar-refractivity contribution in [2.75, 3.05) is 20.3 Å². The fourth-order valence-electron chi connectivity index (χ4n) is 2.15. The molecule has 0 fully saturated rings. The average molecular weight is 339 g/mol. The Morgan fingerprint density at radius 1 is 1.48 bits per heavy atom. The standard InChI is InChI=1S/C14H17N3O5S/c1-3-9-16-12-11(8(7-23-12)14(20)21)13(19)17(9)6-10(18)15-4-5-22-2/h7H,3-6H2,1-2H3,(H,15,18)(H,20,21). The van der Waals surface area contributed by atoms with Gasteiger partial charge in [0.05, 0.1) is 17.6 Å². The molecule has 0 radical (unpaired) electrons. The lowest BCUT2D eigenvalue weighted by Crippen LogP contribution is -2.36. The van der Waals surface area contributed by atoms with Crippen molar-refractivity contribution in [3.63, 3.8) is 0 Å². The van der Waals surface area contributed by atoms with Gasteiger partial charge in [0.2, 0.25) is 5.91 Å². The molecule has 2 rings (SSSR count). The van der Waals surface area contributed by atoms with Crippen molar-refractivity contribution >= 4 is 33.4 Å². The molecular weight excluding hydrogens is 322 g/mol. The molecular formula is C14H17N3O5S. The predicted molar refractivity (Wildman–Crippen MR) is 85.1 cm³/mol. The van der Waals surface area contributed by atoms with E-state index in [0.717, 1.165) is 11.3 Å². The van der Waals surface area contributed by atoms with Gasteiger partial charge >= 0.3 is 5.97 Å². The summed E-state index contributed by atoms with van der Waals surface area (Å²) in [4.78, 5) is 40.5. The van der Waals surface area contributed by atoms with E-state index in [9.17, 15) is 19.5 Å². The number of thiophene rings is 1. The molecule has 0 saturated heterocycles. The summed E-state index contributed by atoms with van der Waals surface area (Å²) >= 11 is 1.11. The Kier molecular flexibility index (Phi) is 5.45. The molecule has 0 bridgehead atoms. The lowest BCUT2D eigenvalue weighted by Gasteiger charge is -2.11. The Morgan fingerprint density at radius 3 is 2.83 bits per heavy atom. The molecule has 0 saturated carbocycles. The van der Waals surface area contributed by atoms with Crippen LogP contribution in [-0.2, 0) is 22.5 Å². The van der Waals surface area contributed by atoms with Crippen molar-refractivity contribution < 1.29 is 19.4 Å². The average Bonchev–Trinajstić information content (AvgIpc) is 2.94. The number of nitrogens with one attached hydrogen (secondary N) is 1. The molecule has 0 aromatic carbocycles. The maximum absolute atomic E-state index is 12.6. The first-order valence-electron chi connectivity index (χ1n) is 6.99. The molecule has 2 heterocycles. The normalized spacial score (nSPS) is 10.9. The highest BCUT2D eigenvalue weighted by Gasteiger charge is 2.20. The van der Waals surface area contributed by atoms with Crippen LogP contribution in [0.15, 0.2) is 10.2 Å². The third-order valence-electron chi connectivity index (χ3n) is 3.25. The summed E-state index contributed by atoms with van der Waals surface area (Å²) in [5.74, 6) is -1.09. The van der Waals surface area contributed by atoms with Gasteiger partial charge in [-0.25, -0.2) is 9.78 Å². The summed E-state index contributed by atoms with van der Waals surface area (Å²) in [7, 11) is 1.52. The van der Waals surface area contributed by atoms with Crippen LogP contribution in [-0.4, -0.2) is 46.8 Å². The van der Waals surface area contributed by atoms with Crippen LogP contribution < -0.4 is 10.9 Å². The van der Waals surface area contributed by atoms with E-state index >= 15 is 0 Å². The zero-order valence-electron chi connectivity index (χ0n) is 12.8. The highest BCUT2D eigenvalue weighted by Crippen LogP contribution is 2.21. The fourth-order valence-corrected chi connectivity index (χ4v) is 3.07. The minimum atomic E-state index is -1.18. The summed E-state index contributed by atoms with van der Waals surface area (Å²) in [6.45, 7) is 2.31. The third kappa shape index (κ3) is 3.57. The predicted octanol–water partition coefficient (Wildman–Crippen LogP) is 0.481. The van der Waals surface area contributed by atoms with Gasteiger partial charge in [0, 0.05) is 25.5 Å². The van der Waals surface area contributed by atoms with Gasteiger partial charge in [-0.3, -0.25) is 14.2 Å². The summed E-state index contributed by atoms with van der Waals surface area (Å²) in [6.07, 6.45) is 0.455. The van der Waals surface area contributed by atoms with E-state index in [1.165, 1.54) is 17.1 Å². The van der Waals surface area contributed by atoms with E-state index in [-0.39, 0.29) is 23.4 Å². The smallest absolute Gasteiger partial charge is 0.337 e. The van der Waals surface area contributed by atoms with Crippen LogP contribution >= 0.6 is 11.3 Å². The number of fused-ring (bicyclic) bond motifs is 1. The SMILES string of the molecule is CCc1nc2scc(C(=O)O)c2c(=O)n1CC(=O)NCCOC. The van der Waals surface area contributed by atoms with Crippen LogP contribution in [0.25, 0.3) is 10.2 Å². The molecule has 0 aliphatic heterocycles. The van der Waals surface area contributed by atoms with Crippen LogP contribution in [0, 0.1) is 0 Å². The van der Waals surface area contributed by atoms with E-state index in [0.29, 0.717) is 30.2 Å². The van der Waals surface area contributed by atoms with Crippen molar-refractivity contribution in [3.8, 4) is 0 Å². The highest BCUT2D eigenvalue weighted by atomic mass is 32.1. The highest BCUT2D eigenvalue weighted by molar-refractivity contribution is 7.17. The molecule has 1 amide bonds. The van der Waals surface area contributed by atoms with Crippen LogP contribution in [0.4, 0.5) is 0 Å². The molecule has 0 atom stereocenters. The van der Waals surface area contributed by atoms with E-state index in [4.69, 9.17) is 4.74 Å². The number of carboxylic acids is 1. The van der Waals surface area contributed by atoms with Crippen LogP contribution in [0.3, 0.4) is 0 Å². The van der Waals surface area contributed by atoms with Gasteiger partial charge in [0.15, 0.2) is 0 Å². The van der Waals surface area contributed by atoms with Crippen molar-refractivity contribution in [3.05, 3.63) is 27.1 Å². The van der Waals surface area contributed by atoms with Gasteiger partial charge < -0.3 is 15.2 Å². The summed E-state index contributed by atoms with van der Waals surface area (Å²) in [5.41, 5.74) is -0.592. The first-order valence-corrected chi connectivity index (χ1v) is 7.87.